The molecular formula is C18H18FN5O. The first-order valence-corrected chi connectivity index (χ1v) is 8.25. The second-order valence-electron chi connectivity index (χ2n) is 6.18. The Morgan fingerprint density at radius 1 is 1.12 bits per heavy atom. The maximum atomic E-state index is 13.0. The molecule has 25 heavy (non-hydrogen) atoms. The number of pyridine rings is 1. The van der Waals surface area contributed by atoms with Crippen LogP contribution >= 0.6 is 0 Å². The molecule has 128 valence electrons. The van der Waals surface area contributed by atoms with Crippen molar-refractivity contribution >= 4 is 5.82 Å². The van der Waals surface area contributed by atoms with Gasteiger partial charge in [-0.1, -0.05) is 5.16 Å². The molecule has 0 bridgehead atoms. The van der Waals surface area contributed by atoms with Crippen molar-refractivity contribution in [1.82, 2.24) is 15.1 Å². The van der Waals surface area contributed by atoms with Crippen LogP contribution in [0, 0.1) is 5.82 Å². The lowest BCUT2D eigenvalue weighted by Gasteiger charge is -2.31. The molecule has 0 aliphatic carbocycles. The topological polar surface area (TPSA) is 81.1 Å². The zero-order chi connectivity index (χ0) is 17.2. The van der Waals surface area contributed by atoms with Gasteiger partial charge in [0.25, 0.3) is 5.89 Å². The Hall–Kier alpha value is -2.80. The number of halogens is 1. The molecule has 0 amide bonds. The van der Waals surface area contributed by atoms with Crippen molar-refractivity contribution in [3.05, 3.63) is 48.4 Å². The van der Waals surface area contributed by atoms with Gasteiger partial charge in [0.05, 0.1) is 5.56 Å². The number of anilines is 1. The first-order valence-electron chi connectivity index (χ1n) is 8.25. The van der Waals surface area contributed by atoms with Gasteiger partial charge >= 0.3 is 0 Å². The van der Waals surface area contributed by atoms with Crippen LogP contribution in [0.4, 0.5) is 10.2 Å². The summed E-state index contributed by atoms with van der Waals surface area (Å²) in [7, 11) is 0. The number of benzene rings is 1. The number of nitrogens with two attached hydrogens (primary N) is 1. The minimum atomic E-state index is -0.301. The van der Waals surface area contributed by atoms with E-state index in [1.165, 1.54) is 12.1 Å². The first-order chi connectivity index (χ1) is 12.2. The summed E-state index contributed by atoms with van der Waals surface area (Å²) in [6.07, 6.45) is 3.86. The largest absolute Gasteiger partial charge is 0.355 e. The molecule has 1 unspecified atom stereocenters. The van der Waals surface area contributed by atoms with E-state index < -0.39 is 0 Å². The van der Waals surface area contributed by atoms with E-state index in [2.05, 4.69) is 20.0 Å². The summed E-state index contributed by atoms with van der Waals surface area (Å²) in [5.41, 5.74) is 7.46. The second-order valence-corrected chi connectivity index (χ2v) is 6.18. The van der Waals surface area contributed by atoms with Crippen LogP contribution in [0.25, 0.3) is 22.8 Å². The van der Waals surface area contributed by atoms with Crippen molar-refractivity contribution in [1.29, 1.82) is 0 Å². The monoisotopic (exact) mass is 339 g/mol. The van der Waals surface area contributed by atoms with E-state index in [0.717, 1.165) is 37.3 Å². The Kier molecular flexibility index (Phi) is 4.15. The van der Waals surface area contributed by atoms with Crippen molar-refractivity contribution in [3.8, 4) is 22.8 Å². The number of aromatic nitrogens is 3. The number of piperidine rings is 1. The van der Waals surface area contributed by atoms with Gasteiger partial charge in [-0.05, 0) is 49.2 Å². The third-order valence-corrected chi connectivity index (χ3v) is 4.31. The van der Waals surface area contributed by atoms with Crippen molar-refractivity contribution in [3.63, 3.8) is 0 Å². The van der Waals surface area contributed by atoms with Gasteiger partial charge in [-0.15, -0.1) is 0 Å². The van der Waals surface area contributed by atoms with E-state index in [1.54, 1.807) is 18.3 Å². The standard InChI is InChI=1S/C18H18FN5O/c19-14-6-3-12(4-7-14)17-22-18(25-23-17)13-5-8-16(21-10-13)24-9-1-2-15(20)11-24/h3-8,10,15H,1-2,9,11,20H2. The fraction of sp³-hybridized carbons (Fsp3) is 0.278. The molecule has 2 N–H and O–H groups in total. The summed E-state index contributed by atoms with van der Waals surface area (Å²) in [6, 6.07) is 10.0. The number of rotatable bonds is 3. The van der Waals surface area contributed by atoms with E-state index in [4.69, 9.17) is 10.3 Å². The van der Waals surface area contributed by atoms with Crippen LogP contribution < -0.4 is 10.6 Å². The molecule has 1 aliphatic heterocycles. The average Bonchev–Trinajstić information content (AvgIpc) is 3.13. The molecule has 1 fully saturated rings. The summed E-state index contributed by atoms with van der Waals surface area (Å²) in [5.74, 6) is 1.40. The van der Waals surface area contributed by atoms with Crippen LogP contribution in [0.1, 0.15) is 12.8 Å². The van der Waals surface area contributed by atoms with Crippen molar-refractivity contribution in [2.75, 3.05) is 18.0 Å². The molecule has 3 aromatic rings. The van der Waals surface area contributed by atoms with E-state index in [0.29, 0.717) is 17.3 Å². The van der Waals surface area contributed by atoms with Gasteiger partial charge in [0, 0.05) is 30.9 Å². The average molecular weight is 339 g/mol. The molecule has 3 heterocycles. The molecule has 1 atom stereocenters. The van der Waals surface area contributed by atoms with E-state index >= 15 is 0 Å². The summed E-state index contributed by atoms with van der Waals surface area (Å²) >= 11 is 0. The van der Waals surface area contributed by atoms with Crippen molar-refractivity contribution in [2.24, 2.45) is 5.73 Å². The third kappa shape index (κ3) is 3.36. The Bertz CT molecular complexity index is 847. The lowest BCUT2D eigenvalue weighted by atomic mass is 10.1. The zero-order valence-electron chi connectivity index (χ0n) is 13.6. The lowest BCUT2D eigenvalue weighted by Crippen LogP contribution is -2.43. The number of hydrogen-bond acceptors (Lipinski definition) is 6. The molecule has 6 nitrogen and oxygen atoms in total. The summed E-state index contributed by atoms with van der Waals surface area (Å²) in [4.78, 5) is 11.1. The Labute approximate surface area is 144 Å². The van der Waals surface area contributed by atoms with Crippen LogP contribution in [0.2, 0.25) is 0 Å². The molecule has 1 saturated heterocycles. The molecule has 0 spiro atoms. The zero-order valence-corrected chi connectivity index (χ0v) is 13.6. The molecule has 1 aromatic carbocycles. The SMILES string of the molecule is NC1CCCN(c2ccc(-c3nc(-c4ccc(F)cc4)no3)cn2)C1. The van der Waals surface area contributed by atoms with Gasteiger partial charge in [-0.2, -0.15) is 4.98 Å². The molecule has 7 heteroatoms. The van der Waals surface area contributed by atoms with Gasteiger partial charge in [-0.3, -0.25) is 0 Å². The van der Waals surface area contributed by atoms with Crippen LogP contribution in [0.3, 0.4) is 0 Å². The van der Waals surface area contributed by atoms with E-state index in [1.807, 2.05) is 12.1 Å². The predicted molar refractivity (Wildman–Crippen MR) is 92.3 cm³/mol. The fourth-order valence-electron chi connectivity index (χ4n) is 2.97. The van der Waals surface area contributed by atoms with Gasteiger partial charge in [0.1, 0.15) is 11.6 Å². The highest BCUT2D eigenvalue weighted by Gasteiger charge is 2.18. The van der Waals surface area contributed by atoms with Crippen LogP contribution in [-0.4, -0.2) is 34.3 Å². The predicted octanol–water partition coefficient (Wildman–Crippen LogP) is 2.87. The van der Waals surface area contributed by atoms with Crippen LogP contribution in [0.15, 0.2) is 47.1 Å². The summed E-state index contributed by atoms with van der Waals surface area (Å²) in [5, 5.41) is 3.95. The Balaban J connectivity index is 1.53. The normalized spacial score (nSPS) is 17.7. The van der Waals surface area contributed by atoms with Gasteiger partial charge in [0.2, 0.25) is 5.82 Å². The van der Waals surface area contributed by atoms with Crippen molar-refractivity contribution < 1.29 is 8.91 Å². The minimum absolute atomic E-state index is 0.199. The fourth-order valence-corrected chi connectivity index (χ4v) is 2.97. The second kappa shape index (κ2) is 6.60. The van der Waals surface area contributed by atoms with Crippen LogP contribution in [0.5, 0.6) is 0 Å². The lowest BCUT2D eigenvalue weighted by molar-refractivity contribution is 0.432. The highest BCUT2D eigenvalue weighted by atomic mass is 19.1. The summed E-state index contributed by atoms with van der Waals surface area (Å²) in [6.45, 7) is 1.79. The molecule has 0 saturated carbocycles. The number of nitrogens with zero attached hydrogens (tertiary/aromatic N) is 4. The molecule has 0 radical (unpaired) electrons. The molecule has 4 rings (SSSR count). The Morgan fingerprint density at radius 3 is 2.64 bits per heavy atom. The first kappa shape index (κ1) is 15.7. The van der Waals surface area contributed by atoms with E-state index in [9.17, 15) is 4.39 Å². The van der Waals surface area contributed by atoms with Gasteiger partial charge in [0.15, 0.2) is 0 Å². The van der Waals surface area contributed by atoms with E-state index in [-0.39, 0.29) is 11.9 Å². The highest BCUT2D eigenvalue weighted by Crippen LogP contribution is 2.24. The maximum absolute atomic E-state index is 13.0. The molecule has 2 aromatic heterocycles. The van der Waals surface area contributed by atoms with Gasteiger partial charge in [-0.25, -0.2) is 9.37 Å². The Morgan fingerprint density at radius 2 is 1.92 bits per heavy atom. The molecule has 1 aliphatic rings. The van der Waals surface area contributed by atoms with Crippen molar-refractivity contribution in [2.45, 2.75) is 18.9 Å². The maximum Gasteiger partial charge on any atom is 0.259 e. The quantitative estimate of drug-likeness (QED) is 0.790. The van der Waals surface area contributed by atoms with Gasteiger partial charge < -0.3 is 15.2 Å². The smallest absolute Gasteiger partial charge is 0.259 e. The minimum Gasteiger partial charge on any atom is -0.355 e. The molecular weight excluding hydrogens is 321 g/mol. The third-order valence-electron chi connectivity index (χ3n) is 4.31. The van der Waals surface area contributed by atoms with Crippen LogP contribution in [-0.2, 0) is 0 Å². The summed E-state index contributed by atoms with van der Waals surface area (Å²) < 4.78 is 18.3. The number of hydrogen-bond donors (Lipinski definition) is 1. The highest BCUT2D eigenvalue weighted by molar-refractivity contribution is 5.60.